The Morgan fingerprint density at radius 3 is 2.71 bits per heavy atom. The summed E-state index contributed by atoms with van der Waals surface area (Å²) in [4.78, 5) is 0. The predicted molar refractivity (Wildman–Crippen MR) is 84.6 cm³/mol. The summed E-state index contributed by atoms with van der Waals surface area (Å²) in [6.07, 6.45) is 6.98. The van der Waals surface area contributed by atoms with E-state index in [2.05, 4.69) is 24.4 Å². The zero-order valence-corrected chi connectivity index (χ0v) is 13.2. The molecule has 1 aromatic carbocycles. The van der Waals surface area contributed by atoms with Crippen LogP contribution in [0.2, 0.25) is 0 Å². The molecule has 3 rings (SSSR count). The van der Waals surface area contributed by atoms with Crippen LogP contribution >= 0.6 is 0 Å². The van der Waals surface area contributed by atoms with Gasteiger partial charge < -0.3 is 14.8 Å². The third-order valence-corrected chi connectivity index (χ3v) is 5.42. The number of ether oxygens (including phenoxy) is 2. The van der Waals surface area contributed by atoms with Gasteiger partial charge in [0.15, 0.2) is 0 Å². The number of methoxy groups -OCH3 is 1. The fraction of sp³-hybridized carbons (Fsp3) is 0.667. The van der Waals surface area contributed by atoms with E-state index >= 15 is 0 Å². The minimum absolute atomic E-state index is 0.401. The van der Waals surface area contributed by atoms with Crippen LogP contribution in [0.1, 0.15) is 44.6 Å². The van der Waals surface area contributed by atoms with Crippen LogP contribution in [0, 0.1) is 5.41 Å². The molecule has 2 saturated carbocycles. The van der Waals surface area contributed by atoms with Crippen molar-refractivity contribution in [2.75, 3.05) is 13.7 Å². The average Bonchev–Trinajstić information content (AvgIpc) is 3.03. The zero-order chi connectivity index (χ0) is 14.7. The largest absolute Gasteiger partial charge is 0.496 e. The molecule has 0 radical (unpaired) electrons. The van der Waals surface area contributed by atoms with Crippen molar-refractivity contribution in [1.29, 1.82) is 0 Å². The highest BCUT2D eigenvalue weighted by molar-refractivity contribution is 5.33. The first-order valence-electron chi connectivity index (χ1n) is 8.27. The fourth-order valence-electron chi connectivity index (χ4n) is 4.26. The standard InChI is InChI=1S/C18H27NO2/c1-3-21-17-12-16(18(17)10-6-7-11-18)19-13-14-8-4-5-9-15(14)20-2/h4-5,8-9,16-17,19H,3,6-7,10-13H2,1-2H3. The number of nitrogens with one attached hydrogen (secondary N) is 1. The van der Waals surface area contributed by atoms with Gasteiger partial charge in [0.05, 0.1) is 13.2 Å². The minimum atomic E-state index is 0.401. The number of benzene rings is 1. The Morgan fingerprint density at radius 1 is 1.24 bits per heavy atom. The van der Waals surface area contributed by atoms with E-state index in [9.17, 15) is 0 Å². The van der Waals surface area contributed by atoms with Crippen LogP contribution < -0.4 is 10.1 Å². The summed E-state index contributed by atoms with van der Waals surface area (Å²) in [7, 11) is 1.74. The first-order valence-corrected chi connectivity index (χ1v) is 8.27. The topological polar surface area (TPSA) is 30.5 Å². The quantitative estimate of drug-likeness (QED) is 0.869. The van der Waals surface area contributed by atoms with Gasteiger partial charge in [0.1, 0.15) is 5.75 Å². The molecule has 2 atom stereocenters. The molecule has 3 heteroatoms. The lowest BCUT2D eigenvalue weighted by Crippen LogP contribution is -2.62. The molecule has 1 spiro atoms. The number of para-hydroxylation sites is 1. The third kappa shape index (κ3) is 2.69. The summed E-state index contributed by atoms with van der Waals surface area (Å²) < 4.78 is 11.4. The summed E-state index contributed by atoms with van der Waals surface area (Å²) in [5, 5.41) is 3.77. The molecule has 2 unspecified atom stereocenters. The molecule has 0 amide bonds. The zero-order valence-electron chi connectivity index (χ0n) is 13.2. The highest BCUT2D eigenvalue weighted by Gasteiger charge is 2.56. The van der Waals surface area contributed by atoms with Crippen molar-refractivity contribution in [3.63, 3.8) is 0 Å². The number of hydrogen-bond acceptors (Lipinski definition) is 3. The van der Waals surface area contributed by atoms with E-state index in [-0.39, 0.29) is 0 Å². The number of hydrogen-bond donors (Lipinski definition) is 1. The molecular weight excluding hydrogens is 262 g/mol. The van der Waals surface area contributed by atoms with Crippen molar-refractivity contribution in [2.24, 2.45) is 5.41 Å². The molecule has 2 aliphatic carbocycles. The second-order valence-electron chi connectivity index (χ2n) is 6.37. The van der Waals surface area contributed by atoms with Crippen molar-refractivity contribution < 1.29 is 9.47 Å². The smallest absolute Gasteiger partial charge is 0.123 e. The van der Waals surface area contributed by atoms with Gasteiger partial charge in [-0.1, -0.05) is 31.0 Å². The Balaban J connectivity index is 1.63. The minimum Gasteiger partial charge on any atom is -0.496 e. The monoisotopic (exact) mass is 289 g/mol. The van der Waals surface area contributed by atoms with E-state index in [0.717, 1.165) is 25.3 Å². The van der Waals surface area contributed by atoms with Crippen molar-refractivity contribution in [3.05, 3.63) is 29.8 Å². The first-order chi connectivity index (χ1) is 10.3. The van der Waals surface area contributed by atoms with Crippen molar-refractivity contribution >= 4 is 0 Å². The van der Waals surface area contributed by atoms with Crippen LogP contribution in [-0.2, 0) is 11.3 Å². The number of rotatable bonds is 6. The van der Waals surface area contributed by atoms with Crippen LogP contribution in [0.25, 0.3) is 0 Å². The average molecular weight is 289 g/mol. The molecule has 1 aromatic rings. The van der Waals surface area contributed by atoms with Gasteiger partial charge in [0, 0.05) is 30.2 Å². The van der Waals surface area contributed by atoms with Crippen molar-refractivity contribution in [2.45, 2.75) is 57.7 Å². The molecule has 3 nitrogen and oxygen atoms in total. The van der Waals surface area contributed by atoms with Gasteiger partial charge in [-0.25, -0.2) is 0 Å². The Hall–Kier alpha value is -1.06. The van der Waals surface area contributed by atoms with Gasteiger partial charge >= 0.3 is 0 Å². The van der Waals surface area contributed by atoms with Crippen molar-refractivity contribution in [1.82, 2.24) is 5.32 Å². The van der Waals surface area contributed by atoms with E-state index in [1.165, 1.54) is 31.2 Å². The fourth-order valence-corrected chi connectivity index (χ4v) is 4.26. The Kier molecular flexibility index (Phi) is 4.51. The molecule has 0 heterocycles. The van der Waals surface area contributed by atoms with Gasteiger partial charge in [0.2, 0.25) is 0 Å². The lowest BCUT2D eigenvalue weighted by molar-refractivity contribution is -0.130. The molecule has 1 N–H and O–H groups in total. The second-order valence-corrected chi connectivity index (χ2v) is 6.37. The van der Waals surface area contributed by atoms with Gasteiger partial charge in [-0.3, -0.25) is 0 Å². The molecule has 21 heavy (non-hydrogen) atoms. The highest BCUT2D eigenvalue weighted by atomic mass is 16.5. The van der Waals surface area contributed by atoms with E-state index < -0.39 is 0 Å². The third-order valence-electron chi connectivity index (χ3n) is 5.42. The maximum Gasteiger partial charge on any atom is 0.123 e. The summed E-state index contributed by atoms with van der Waals surface area (Å²) in [6, 6.07) is 8.88. The van der Waals surface area contributed by atoms with E-state index in [1.807, 2.05) is 12.1 Å². The molecule has 116 valence electrons. The highest BCUT2D eigenvalue weighted by Crippen LogP contribution is 2.54. The van der Waals surface area contributed by atoms with Gasteiger partial charge in [-0.15, -0.1) is 0 Å². The molecule has 2 aliphatic rings. The maximum absolute atomic E-state index is 5.98. The Bertz CT molecular complexity index is 468. The molecule has 0 bridgehead atoms. The van der Waals surface area contributed by atoms with E-state index in [1.54, 1.807) is 7.11 Å². The Labute approximate surface area is 128 Å². The lowest BCUT2D eigenvalue weighted by atomic mass is 9.60. The van der Waals surface area contributed by atoms with Crippen LogP contribution in [-0.4, -0.2) is 25.9 Å². The predicted octanol–water partition coefficient (Wildman–Crippen LogP) is 3.52. The summed E-state index contributed by atoms with van der Waals surface area (Å²) in [6.45, 7) is 3.83. The van der Waals surface area contributed by atoms with Gasteiger partial charge in [-0.05, 0) is 32.3 Å². The SMILES string of the molecule is CCOC1CC(NCc2ccccc2OC)C12CCCC2. The van der Waals surface area contributed by atoms with E-state index in [0.29, 0.717) is 17.6 Å². The van der Waals surface area contributed by atoms with Crippen LogP contribution in [0.4, 0.5) is 0 Å². The van der Waals surface area contributed by atoms with Crippen LogP contribution in [0.3, 0.4) is 0 Å². The first kappa shape index (κ1) is 14.9. The maximum atomic E-state index is 5.98. The Morgan fingerprint density at radius 2 is 2.00 bits per heavy atom. The summed E-state index contributed by atoms with van der Waals surface area (Å²) in [5.74, 6) is 0.978. The molecular formula is C18H27NO2. The molecule has 0 aromatic heterocycles. The normalized spacial score (nSPS) is 26.8. The second kappa shape index (κ2) is 6.37. The van der Waals surface area contributed by atoms with Crippen LogP contribution in [0.5, 0.6) is 5.75 Å². The molecule has 0 aliphatic heterocycles. The lowest BCUT2D eigenvalue weighted by Gasteiger charge is -2.54. The van der Waals surface area contributed by atoms with E-state index in [4.69, 9.17) is 9.47 Å². The molecule has 0 saturated heterocycles. The van der Waals surface area contributed by atoms with Gasteiger partial charge in [-0.2, -0.15) is 0 Å². The molecule has 2 fully saturated rings. The van der Waals surface area contributed by atoms with Crippen molar-refractivity contribution in [3.8, 4) is 5.75 Å². The summed E-state index contributed by atoms with van der Waals surface area (Å²) in [5.41, 5.74) is 1.64. The van der Waals surface area contributed by atoms with Gasteiger partial charge in [0.25, 0.3) is 0 Å². The summed E-state index contributed by atoms with van der Waals surface area (Å²) >= 11 is 0. The van der Waals surface area contributed by atoms with Crippen LogP contribution in [0.15, 0.2) is 24.3 Å².